The van der Waals surface area contributed by atoms with Crippen LogP contribution in [0.1, 0.15) is 0 Å². The van der Waals surface area contributed by atoms with E-state index in [1.807, 2.05) is 30.3 Å². The maximum atomic E-state index is 5.85. The van der Waals surface area contributed by atoms with Crippen molar-refractivity contribution in [3.8, 4) is 11.3 Å². The molecule has 1 aromatic carbocycles. The summed E-state index contributed by atoms with van der Waals surface area (Å²) < 4.78 is 0. The second-order valence-corrected chi connectivity index (χ2v) is 3.58. The largest absolute Gasteiger partial charge is 0.399 e. The zero-order valence-electron chi connectivity index (χ0n) is 8.51. The highest BCUT2D eigenvalue weighted by atomic mass is 14.9. The number of H-pyrrole nitrogens is 1. The van der Waals surface area contributed by atoms with Crippen LogP contribution in [0, 0.1) is 0 Å². The summed E-state index contributed by atoms with van der Waals surface area (Å²) in [5.74, 6) is 0. The van der Waals surface area contributed by atoms with E-state index in [0.29, 0.717) is 5.69 Å². The van der Waals surface area contributed by atoms with Crippen LogP contribution in [0.4, 0.5) is 5.69 Å². The predicted molar refractivity (Wildman–Crippen MR) is 63.7 cm³/mol. The molecular formula is C12H10N4. The molecule has 0 bridgehead atoms. The molecule has 0 aliphatic rings. The van der Waals surface area contributed by atoms with E-state index in [1.165, 1.54) is 0 Å². The van der Waals surface area contributed by atoms with Crippen molar-refractivity contribution in [1.82, 2.24) is 15.0 Å². The van der Waals surface area contributed by atoms with E-state index in [0.717, 1.165) is 22.3 Å². The van der Waals surface area contributed by atoms with Gasteiger partial charge in [0, 0.05) is 17.4 Å². The zero-order chi connectivity index (χ0) is 11.0. The lowest BCUT2D eigenvalue weighted by Crippen LogP contribution is -1.89. The first-order valence-corrected chi connectivity index (χ1v) is 4.98. The van der Waals surface area contributed by atoms with Crippen LogP contribution in [-0.4, -0.2) is 15.0 Å². The van der Waals surface area contributed by atoms with E-state index >= 15 is 0 Å². The van der Waals surface area contributed by atoms with Gasteiger partial charge in [0.15, 0.2) is 0 Å². The fourth-order valence-electron chi connectivity index (χ4n) is 1.79. The Morgan fingerprint density at radius 1 is 1.12 bits per heavy atom. The van der Waals surface area contributed by atoms with E-state index in [4.69, 9.17) is 5.73 Å². The fourth-order valence-corrected chi connectivity index (χ4v) is 1.79. The topological polar surface area (TPSA) is 67.6 Å². The quantitative estimate of drug-likeness (QED) is 0.605. The van der Waals surface area contributed by atoms with E-state index in [-0.39, 0.29) is 0 Å². The van der Waals surface area contributed by atoms with Gasteiger partial charge in [-0.2, -0.15) is 0 Å². The molecule has 0 fully saturated rings. The summed E-state index contributed by atoms with van der Waals surface area (Å²) in [5.41, 5.74) is 10.2. The molecule has 16 heavy (non-hydrogen) atoms. The van der Waals surface area contributed by atoms with Crippen molar-refractivity contribution in [3.63, 3.8) is 0 Å². The third-order valence-electron chi connectivity index (χ3n) is 2.49. The summed E-state index contributed by atoms with van der Waals surface area (Å²) in [6, 6.07) is 9.55. The van der Waals surface area contributed by atoms with Gasteiger partial charge < -0.3 is 10.7 Å². The molecule has 0 saturated carbocycles. The monoisotopic (exact) mass is 210 g/mol. The Morgan fingerprint density at radius 2 is 2.06 bits per heavy atom. The van der Waals surface area contributed by atoms with Crippen LogP contribution in [-0.2, 0) is 0 Å². The number of nitrogen functional groups attached to an aromatic ring is 1. The Kier molecular flexibility index (Phi) is 1.86. The number of hydrogen-bond donors (Lipinski definition) is 2. The van der Waals surface area contributed by atoms with Gasteiger partial charge in [-0.1, -0.05) is 6.07 Å². The highest BCUT2D eigenvalue weighted by Crippen LogP contribution is 2.27. The SMILES string of the molecule is Nc1cc(-c2ccccn2)c2nc[nH]c2c1. The molecule has 3 rings (SSSR count). The fraction of sp³-hybridized carbons (Fsp3) is 0. The number of hydrogen-bond acceptors (Lipinski definition) is 3. The van der Waals surface area contributed by atoms with Crippen LogP contribution in [0.25, 0.3) is 22.3 Å². The number of nitrogens with two attached hydrogens (primary N) is 1. The van der Waals surface area contributed by atoms with Gasteiger partial charge in [0.05, 0.1) is 23.1 Å². The van der Waals surface area contributed by atoms with Gasteiger partial charge in [0.1, 0.15) is 0 Å². The number of nitrogens with one attached hydrogen (secondary N) is 1. The second kappa shape index (κ2) is 3.34. The van der Waals surface area contributed by atoms with Crippen molar-refractivity contribution in [1.29, 1.82) is 0 Å². The minimum absolute atomic E-state index is 0.706. The first-order chi connectivity index (χ1) is 7.84. The molecular weight excluding hydrogens is 200 g/mol. The lowest BCUT2D eigenvalue weighted by atomic mass is 10.1. The highest BCUT2D eigenvalue weighted by Gasteiger charge is 2.07. The molecule has 4 heteroatoms. The van der Waals surface area contributed by atoms with Gasteiger partial charge >= 0.3 is 0 Å². The smallest absolute Gasteiger partial charge is 0.0978 e. The Morgan fingerprint density at radius 3 is 2.88 bits per heavy atom. The number of pyridine rings is 1. The molecule has 2 heterocycles. The minimum atomic E-state index is 0.706. The molecule has 0 aliphatic heterocycles. The number of fused-ring (bicyclic) bond motifs is 1. The van der Waals surface area contributed by atoms with Gasteiger partial charge in [-0.05, 0) is 24.3 Å². The van der Waals surface area contributed by atoms with Crippen molar-refractivity contribution < 1.29 is 0 Å². The van der Waals surface area contributed by atoms with Crippen molar-refractivity contribution in [2.45, 2.75) is 0 Å². The summed E-state index contributed by atoms with van der Waals surface area (Å²) >= 11 is 0. The molecule has 0 saturated heterocycles. The second-order valence-electron chi connectivity index (χ2n) is 3.58. The summed E-state index contributed by atoms with van der Waals surface area (Å²) in [5, 5.41) is 0. The first-order valence-electron chi connectivity index (χ1n) is 4.98. The third-order valence-corrected chi connectivity index (χ3v) is 2.49. The molecule has 3 N–H and O–H groups in total. The number of aromatic nitrogens is 3. The minimum Gasteiger partial charge on any atom is -0.399 e. The summed E-state index contributed by atoms with van der Waals surface area (Å²) in [6.07, 6.45) is 3.42. The molecule has 0 aliphatic carbocycles. The number of aromatic amines is 1. The molecule has 0 amide bonds. The van der Waals surface area contributed by atoms with Gasteiger partial charge in [-0.15, -0.1) is 0 Å². The lowest BCUT2D eigenvalue weighted by molar-refractivity contribution is 1.32. The molecule has 4 nitrogen and oxygen atoms in total. The van der Waals surface area contributed by atoms with Gasteiger partial charge in [-0.3, -0.25) is 4.98 Å². The average Bonchev–Trinajstić information content (AvgIpc) is 2.77. The molecule has 0 radical (unpaired) electrons. The van der Waals surface area contributed by atoms with Crippen molar-refractivity contribution in [3.05, 3.63) is 42.9 Å². The maximum absolute atomic E-state index is 5.85. The standard InChI is InChI=1S/C12H10N4/c13-8-5-9(10-3-1-2-4-14-10)12-11(6-8)15-7-16-12/h1-7H,13H2,(H,15,16). The van der Waals surface area contributed by atoms with Crippen LogP contribution in [0.2, 0.25) is 0 Å². The van der Waals surface area contributed by atoms with Gasteiger partial charge in [0.2, 0.25) is 0 Å². The summed E-state index contributed by atoms with van der Waals surface area (Å²) in [4.78, 5) is 11.6. The normalized spacial score (nSPS) is 10.8. The Hall–Kier alpha value is -2.36. The number of imidazole rings is 1. The summed E-state index contributed by atoms with van der Waals surface area (Å²) in [6.45, 7) is 0. The van der Waals surface area contributed by atoms with Crippen LogP contribution >= 0.6 is 0 Å². The number of rotatable bonds is 1. The van der Waals surface area contributed by atoms with Crippen LogP contribution in [0.15, 0.2) is 42.9 Å². The molecule has 3 aromatic rings. The van der Waals surface area contributed by atoms with Gasteiger partial charge in [-0.25, -0.2) is 4.98 Å². The van der Waals surface area contributed by atoms with E-state index < -0.39 is 0 Å². The van der Waals surface area contributed by atoms with Crippen LogP contribution in [0.5, 0.6) is 0 Å². The summed E-state index contributed by atoms with van der Waals surface area (Å²) in [7, 11) is 0. The first kappa shape index (κ1) is 8.91. The zero-order valence-corrected chi connectivity index (χ0v) is 8.51. The van der Waals surface area contributed by atoms with Crippen molar-refractivity contribution in [2.24, 2.45) is 0 Å². The lowest BCUT2D eigenvalue weighted by Gasteiger charge is -2.03. The Bertz CT molecular complexity index is 628. The number of anilines is 1. The van der Waals surface area contributed by atoms with Gasteiger partial charge in [0.25, 0.3) is 0 Å². The number of nitrogens with zero attached hydrogens (tertiary/aromatic N) is 2. The molecule has 0 spiro atoms. The third kappa shape index (κ3) is 1.32. The molecule has 78 valence electrons. The van der Waals surface area contributed by atoms with Crippen molar-refractivity contribution >= 4 is 16.7 Å². The maximum Gasteiger partial charge on any atom is 0.0978 e. The van der Waals surface area contributed by atoms with Crippen molar-refractivity contribution in [2.75, 3.05) is 5.73 Å². The average molecular weight is 210 g/mol. The number of benzene rings is 1. The predicted octanol–water partition coefficient (Wildman–Crippen LogP) is 2.21. The molecule has 0 atom stereocenters. The Balaban J connectivity index is 2.34. The van der Waals surface area contributed by atoms with E-state index in [9.17, 15) is 0 Å². The molecule has 0 unspecified atom stereocenters. The van der Waals surface area contributed by atoms with Crippen LogP contribution < -0.4 is 5.73 Å². The molecule has 2 aromatic heterocycles. The van der Waals surface area contributed by atoms with Crippen LogP contribution in [0.3, 0.4) is 0 Å². The van der Waals surface area contributed by atoms with E-state index in [1.54, 1.807) is 12.5 Å². The highest BCUT2D eigenvalue weighted by molar-refractivity contribution is 5.93. The Labute approximate surface area is 92.2 Å². The van der Waals surface area contributed by atoms with E-state index in [2.05, 4.69) is 15.0 Å².